The van der Waals surface area contributed by atoms with E-state index < -0.39 is 0 Å². The highest BCUT2D eigenvalue weighted by Gasteiger charge is 2.10. The molecule has 0 spiro atoms. The van der Waals surface area contributed by atoms with Gasteiger partial charge in [-0.3, -0.25) is 0 Å². The van der Waals surface area contributed by atoms with Gasteiger partial charge in [0.25, 0.3) is 0 Å². The minimum Gasteiger partial charge on any atom is -0.496 e. The van der Waals surface area contributed by atoms with Crippen molar-refractivity contribution < 1.29 is 9.13 Å². The Morgan fingerprint density at radius 1 is 1.16 bits per heavy atom. The van der Waals surface area contributed by atoms with Crippen molar-refractivity contribution in [3.05, 3.63) is 65.5 Å². The highest BCUT2D eigenvalue weighted by Crippen LogP contribution is 2.24. The van der Waals surface area contributed by atoms with Crippen molar-refractivity contribution in [2.45, 2.75) is 19.5 Å². The first-order valence-corrected chi connectivity index (χ1v) is 6.31. The summed E-state index contributed by atoms with van der Waals surface area (Å²) in [6.45, 7) is 2.69. The Morgan fingerprint density at radius 2 is 1.95 bits per heavy atom. The van der Waals surface area contributed by atoms with Gasteiger partial charge >= 0.3 is 0 Å². The van der Waals surface area contributed by atoms with Gasteiger partial charge < -0.3 is 10.1 Å². The van der Waals surface area contributed by atoms with E-state index in [-0.39, 0.29) is 11.9 Å². The Kier molecular flexibility index (Phi) is 4.53. The van der Waals surface area contributed by atoms with E-state index in [1.54, 1.807) is 19.2 Å². The van der Waals surface area contributed by atoms with E-state index in [0.717, 1.165) is 16.9 Å². The molecule has 0 radical (unpaired) electrons. The van der Waals surface area contributed by atoms with Crippen LogP contribution in [-0.2, 0) is 6.54 Å². The first-order valence-electron chi connectivity index (χ1n) is 6.31. The van der Waals surface area contributed by atoms with Gasteiger partial charge in [0.2, 0.25) is 0 Å². The third kappa shape index (κ3) is 3.55. The number of nitrogens with one attached hydrogen (secondary N) is 1. The topological polar surface area (TPSA) is 21.3 Å². The van der Waals surface area contributed by atoms with Crippen molar-refractivity contribution in [1.82, 2.24) is 5.32 Å². The maximum absolute atomic E-state index is 13.1. The molecule has 0 aromatic heterocycles. The number of ether oxygens (including phenoxy) is 1. The Balaban J connectivity index is 2.03. The molecular weight excluding hydrogens is 241 g/mol. The fourth-order valence-electron chi connectivity index (χ4n) is 2.05. The van der Waals surface area contributed by atoms with E-state index in [1.165, 1.54) is 6.07 Å². The maximum atomic E-state index is 13.1. The van der Waals surface area contributed by atoms with Crippen LogP contribution in [-0.4, -0.2) is 7.11 Å². The molecule has 0 heterocycles. The molecule has 0 saturated carbocycles. The normalized spacial score (nSPS) is 12.2. The average molecular weight is 259 g/mol. The molecule has 2 rings (SSSR count). The summed E-state index contributed by atoms with van der Waals surface area (Å²) in [4.78, 5) is 0. The minimum absolute atomic E-state index is 0.138. The summed E-state index contributed by atoms with van der Waals surface area (Å²) in [6.07, 6.45) is 0. The number of methoxy groups -OCH3 is 1. The zero-order valence-corrected chi connectivity index (χ0v) is 11.2. The van der Waals surface area contributed by atoms with Gasteiger partial charge in [0.1, 0.15) is 11.6 Å². The van der Waals surface area contributed by atoms with Gasteiger partial charge in [-0.15, -0.1) is 0 Å². The molecule has 19 heavy (non-hydrogen) atoms. The lowest BCUT2D eigenvalue weighted by atomic mass is 10.1. The highest BCUT2D eigenvalue weighted by atomic mass is 19.1. The van der Waals surface area contributed by atoms with E-state index in [2.05, 4.69) is 12.2 Å². The van der Waals surface area contributed by atoms with Crippen LogP contribution in [0.4, 0.5) is 4.39 Å². The van der Waals surface area contributed by atoms with Crippen molar-refractivity contribution in [1.29, 1.82) is 0 Å². The molecule has 0 amide bonds. The largest absolute Gasteiger partial charge is 0.496 e. The summed E-state index contributed by atoms with van der Waals surface area (Å²) in [5.41, 5.74) is 2.03. The van der Waals surface area contributed by atoms with Crippen LogP contribution in [0.3, 0.4) is 0 Å². The number of benzene rings is 2. The van der Waals surface area contributed by atoms with Gasteiger partial charge in [-0.05, 0) is 30.7 Å². The standard InChI is InChI=1S/C16H18FNO/c1-12(15-8-3-4-9-16(15)19-2)18-11-13-6-5-7-14(17)10-13/h3-10,12,18H,11H2,1-2H3. The summed E-state index contributed by atoms with van der Waals surface area (Å²) in [5, 5.41) is 3.37. The van der Waals surface area contributed by atoms with Crippen LogP contribution in [0.25, 0.3) is 0 Å². The zero-order valence-electron chi connectivity index (χ0n) is 11.2. The van der Waals surface area contributed by atoms with E-state index in [0.29, 0.717) is 6.54 Å². The van der Waals surface area contributed by atoms with Gasteiger partial charge in [-0.25, -0.2) is 4.39 Å². The van der Waals surface area contributed by atoms with Crippen LogP contribution in [0.5, 0.6) is 5.75 Å². The second kappa shape index (κ2) is 6.34. The average Bonchev–Trinajstić information content (AvgIpc) is 2.45. The fraction of sp³-hybridized carbons (Fsp3) is 0.250. The second-order valence-corrected chi connectivity index (χ2v) is 4.47. The van der Waals surface area contributed by atoms with Crippen LogP contribution < -0.4 is 10.1 Å². The van der Waals surface area contributed by atoms with Crippen LogP contribution in [0.1, 0.15) is 24.1 Å². The Labute approximate surface area is 113 Å². The molecule has 1 atom stereocenters. The summed E-state index contributed by atoms with van der Waals surface area (Å²) in [7, 11) is 1.66. The Morgan fingerprint density at radius 3 is 2.68 bits per heavy atom. The number of para-hydroxylation sites is 1. The van der Waals surface area contributed by atoms with Crippen LogP contribution in [0.15, 0.2) is 48.5 Å². The van der Waals surface area contributed by atoms with Crippen molar-refractivity contribution in [3.8, 4) is 5.75 Å². The number of hydrogen-bond acceptors (Lipinski definition) is 2. The van der Waals surface area contributed by atoms with E-state index in [9.17, 15) is 4.39 Å². The predicted octanol–water partition coefficient (Wildman–Crippen LogP) is 3.69. The Hall–Kier alpha value is -1.87. The maximum Gasteiger partial charge on any atom is 0.123 e. The molecule has 0 bridgehead atoms. The van der Waals surface area contributed by atoms with Crippen molar-refractivity contribution in [2.24, 2.45) is 0 Å². The second-order valence-electron chi connectivity index (χ2n) is 4.47. The molecule has 0 saturated heterocycles. The lowest BCUT2D eigenvalue weighted by molar-refractivity contribution is 0.401. The first-order chi connectivity index (χ1) is 9.20. The van der Waals surface area contributed by atoms with Gasteiger partial charge in [0, 0.05) is 18.2 Å². The predicted molar refractivity (Wildman–Crippen MR) is 74.6 cm³/mol. The molecule has 100 valence electrons. The molecule has 0 aliphatic rings. The third-order valence-electron chi connectivity index (χ3n) is 3.11. The molecular formula is C16H18FNO. The molecule has 0 aliphatic carbocycles. The molecule has 3 heteroatoms. The monoisotopic (exact) mass is 259 g/mol. The quantitative estimate of drug-likeness (QED) is 0.884. The van der Waals surface area contributed by atoms with Gasteiger partial charge in [0.05, 0.1) is 7.11 Å². The smallest absolute Gasteiger partial charge is 0.123 e. The third-order valence-corrected chi connectivity index (χ3v) is 3.11. The molecule has 1 unspecified atom stereocenters. The number of rotatable bonds is 5. The van der Waals surface area contributed by atoms with Gasteiger partial charge in [-0.2, -0.15) is 0 Å². The van der Waals surface area contributed by atoms with E-state index in [1.807, 2.05) is 30.3 Å². The van der Waals surface area contributed by atoms with E-state index in [4.69, 9.17) is 4.74 Å². The molecule has 2 aromatic rings. The minimum atomic E-state index is -0.204. The van der Waals surface area contributed by atoms with Crippen molar-refractivity contribution in [3.63, 3.8) is 0 Å². The van der Waals surface area contributed by atoms with Gasteiger partial charge in [-0.1, -0.05) is 30.3 Å². The summed E-state index contributed by atoms with van der Waals surface area (Å²) < 4.78 is 18.4. The zero-order chi connectivity index (χ0) is 13.7. The molecule has 2 nitrogen and oxygen atoms in total. The first kappa shape index (κ1) is 13.6. The van der Waals surface area contributed by atoms with Crippen molar-refractivity contribution >= 4 is 0 Å². The van der Waals surface area contributed by atoms with Crippen LogP contribution >= 0.6 is 0 Å². The summed E-state index contributed by atoms with van der Waals surface area (Å²) in [6, 6.07) is 14.7. The van der Waals surface area contributed by atoms with Crippen LogP contribution in [0.2, 0.25) is 0 Å². The number of halogens is 1. The molecule has 1 N–H and O–H groups in total. The van der Waals surface area contributed by atoms with Crippen molar-refractivity contribution in [2.75, 3.05) is 7.11 Å². The Bertz CT molecular complexity index is 542. The molecule has 0 fully saturated rings. The highest BCUT2D eigenvalue weighted by molar-refractivity contribution is 5.35. The molecule has 0 aliphatic heterocycles. The molecule has 2 aromatic carbocycles. The summed E-state index contributed by atoms with van der Waals surface area (Å²) >= 11 is 0. The lowest BCUT2D eigenvalue weighted by Gasteiger charge is -2.17. The van der Waals surface area contributed by atoms with Gasteiger partial charge in [0.15, 0.2) is 0 Å². The SMILES string of the molecule is COc1ccccc1C(C)NCc1cccc(F)c1. The van der Waals surface area contributed by atoms with Crippen LogP contribution in [0, 0.1) is 5.82 Å². The summed E-state index contributed by atoms with van der Waals surface area (Å²) in [5.74, 6) is 0.658. The number of hydrogen-bond donors (Lipinski definition) is 1. The lowest BCUT2D eigenvalue weighted by Crippen LogP contribution is -2.18. The van der Waals surface area contributed by atoms with E-state index >= 15 is 0 Å². The fourth-order valence-corrected chi connectivity index (χ4v) is 2.05.